The molecule has 0 spiro atoms. The number of Topliss-reactive ketones (excluding diaryl/α,β-unsaturated/α-hetero) is 1. The molecule has 126 valence electrons. The van der Waals surface area contributed by atoms with Crippen LogP contribution >= 0.6 is 11.6 Å². The standard InChI is InChI=1S/C15H13ClN2O5S/c1-8-4-5-12(10(6-8)9(2)19)23-14(20)13-11(16)7-17-15(18-13)24(3,21)22/h4-7H,1-3H3. The highest BCUT2D eigenvalue weighted by Gasteiger charge is 2.22. The van der Waals surface area contributed by atoms with Crippen LogP contribution in [0.15, 0.2) is 29.6 Å². The van der Waals surface area contributed by atoms with Crippen LogP contribution in [-0.4, -0.2) is 36.4 Å². The van der Waals surface area contributed by atoms with Gasteiger partial charge in [0, 0.05) is 6.26 Å². The van der Waals surface area contributed by atoms with Gasteiger partial charge < -0.3 is 4.74 Å². The van der Waals surface area contributed by atoms with Gasteiger partial charge >= 0.3 is 5.97 Å². The Morgan fingerprint density at radius 1 is 1.25 bits per heavy atom. The number of hydrogen-bond donors (Lipinski definition) is 0. The summed E-state index contributed by atoms with van der Waals surface area (Å²) in [5.41, 5.74) is 0.637. The van der Waals surface area contributed by atoms with Gasteiger partial charge in [0.2, 0.25) is 15.0 Å². The maximum Gasteiger partial charge on any atom is 0.364 e. The summed E-state index contributed by atoms with van der Waals surface area (Å²) in [7, 11) is -3.72. The molecule has 0 unspecified atom stereocenters. The number of sulfone groups is 1. The van der Waals surface area contributed by atoms with Crippen LogP contribution < -0.4 is 4.74 Å². The molecule has 1 aromatic heterocycles. The zero-order chi connectivity index (χ0) is 18.1. The third kappa shape index (κ3) is 3.95. The van der Waals surface area contributed by atoms with Gasteiger partial charge in [0.15, 0.2) is 11.5 Å². The van der Waals surface area contributed by atoms with Crippen molar-refractivity contribution >= 4 is 33.2 Å². The summed E-state index contributed by atoms with van der Waals surface area (Å²) in [6, 6.07) is 4.71. The number of benzene rings is 1. The van der Waals surface area contributed by atoms with Gasteiger partial charge in [-0.15, -0.1) is 0 Å². The summed E-state index contributed by atoms with van der Waals surface area (Å²) >= 11 is 5.85. The molecule has 0 bridgehead atoms. The molecule has 1 heterocycles. The summed E-state index contributed by atoms with van der Waals surface area (Å²) in [6.07, 6.45) is 1.90. The first-order chi connectivity index (χ1) is 11.1. The number of rotatable bonds is 4. The van der Waals surface area contributed by atoms with Gasteiger partial charge in [0.1, 0.15) is 5.75 Å². The van der Waals surface area contributed by atoms with Crippen molar-refractivity contribution in [2.75, 3.05) is 6.26 Å². The third-order valence-electron chi connectivity index (χ3n) is 2.96. The fraction of sp³-hybridized carbons (Fsp3) is 0.200. The van der Waals surface area contributed by atoms with Crippen LogP contribution in [0.3, 0.4) is 0 Å². The molecule has 0 amide bonds. The lowest BCUT2D eigenvalue weighted by molar-refractivity contribution is 0.0725. The fourth-order valence-electron chi connectivity index (χ4n) is 1.83. The number of carbonyl (C=O) groups excluding carboxylic acids is 2. The summed E-state index contributed by atoms with van der Waals surface area (Å²) in [6.45, 7) is 3.13. The van der Waals surface area contributed by atoms with Crippen LogP contribution in [0.4, 0.5) is 0 Å². The molecular formula is C15H13ClN2O5S. The van der Waals surface area contributed by atoms with E-state index >= 15 is 0 Å². The highest BCUT2D eigenvalue weighted by Crippen LogP contribution is 2.23. The Morgan fingerprint density at radius 2 is 1.92 bits per heavy atom. The number of carbonyl (C=O) groups is 2. The molecule has 0 radical (unpaired) electrons. The first-order valence-corrected chi connectivity index (χ1v) is 8.93. The zero-order valence-electron chi connectivity index (χ0n) is 13.0. The lowest BCUT2D eigenvalue weighted by Gasteiger charge is -2.09. The number of ketones is 1. The Balaban J connectivity index is 2.43. The maximum absolute atomic E-state index is 12.3. The molecule has 24 heavy (non-hydrogen) atoms. The predicted molar refractivity (Wildman–Crippen MR) is 86.3 cm³/mol. The first-order valence-electron chi connectivity index (χ1n) is 6.66. The smallest absolute Gasteiger partial charge is 0.364 e. The monoisotopic (exact) mass is 368 g/mol. The number of aromatic nitrogens is 2. The zero-order valence-corrected chi connectivity index (χ0v) is 14.6. The van der Waals surface area contributed by atoms with Crippen LogP contribution in [0.2, 0.25) is 5.02 Å². The molecule has 0 aliphatic rings. The van der Waals surface area contributed by atoms with E-state index in [1.54, 1.807) is 19.1 Å². The second-order valence-electron chi connectivity index (χ2n) is 5.07. The number of esters is 1. The Labute approximate surface area is 143 Å². The van der Waals surface area contributed by atoms with E-state index in [0.29, 0.717) is 0 Å². The number of aryl methyl sites for hydroxylation is 1. The molecule has 0 aliphatic carbocycles. The summed E-state index contributed by atoms with van der Waals surface area (Å²) in [5.74, 6) is -1.24. The minimum Gasteiger partial charge on any atom is -0.421 e. The lowest BCUT2D eigenvalue weighted by Crippen LogP contribution is -2.16. The van der Waals surface area contributed by atoms with Crippen molar-refractivity contribution in [3.8, 4) is 5.75 Å². The van der Waals surface area contributed by atoms with Crippen LogP contribution in [0.5, 0.6) is 5.75 Å². The number of nitrogens with zero attached hydrogens (tertiary/aromatic N) is 2. The van der Waals surface area contributed by atoms with Crippen molar-refractivity contribution in [1.29, 1.82) is 0 Å². The molecule has 0 saturated carbocycles. The predicted octanol–water partition coefficient (Wildman–Crippen LogP) is 2.26. The average Bonchev–Trinajstić information content (AvgIpc) is 2.48. The van der Waals surface area contributed by atoms with E-state index < -0.39 is 26.7 Å². The molecule has 1 aromatic carbocycles. The molecule has 0 aliphatic heterocycles. The van der Waals surface area contributed by atoms with Gasteiger partial charge in [-0.2, -0.15) is 0 Å². The quantitative estimate of drug-likeness (QED) is 0.353. The van der Waals surface area contributed by atoms with Gasteiger partial charge in [-0.1, -0.05) is 23.2 Å². The summed E-state index contributed by atoms with van der Waals surface area (Å²) in [5, 5.41) is -0.710. The summed E-state index contributed by atoms with van der Waals surface area (Å²) < 4.78 is 28.2. The van der Waals surface area contributed by atoms with Crippen molar-refractivity contribution in [2.45, 2.75) is 19.0 Å². The second-order valence-corrected chi connectivity index (χ2v) is 7.38. The van der Waals surface area contributed by atoms with Gasteiger partial charge in [-0.3, -0.25) is 4.79 Å². The van der Waals surface area contributed by atoms with Crippen molar-refractivity contribution in [3.05, 3.63) is 46.2 Å². The van der Waals surface area contributed by atoms with E-state index in [-0.39, 0.29) is 22.1 Å². The number of hydrogen-bond acceptors (Lipinski definition) is 7. The largest absolute Gasteiger partial charge is 0.421 e. The first kappa shape index (κ1) is 18.0. The third-order valence-corrected chi connectivity index (χ3v) is 4.10. The van der Waals surface area contributed by atoms with E-state index in [1.165, 1.54) is 13.0 Å². The summed E-state index contributed by atoms with van der Waals surface area (Å²) in [4.78, 5) is 31.1. The van der Waals surface area contributed by atoms with Crippen LogP contribution in [0.1, 0.15) is 33.3 Å². The van der Waals surface area contributed by atoms with E-state index in [9.17, 15) is 18.0 Å². The molecule has 2 rings (SSSR count). The molecule has 0 atom stereocenters. The van der Waals surface area contributed by atoms with Gasteiger partial charge in [0.25, 0.3) is 0 Å². The Kier molecular flexibility index (Phi) is 5.00. The number of ether oxygens (including phenoxy) is 1. The highest BCUT2D eigenvalue weighted by molar-refractivity contribution is 7.90. The topological polar surface area (TPSA) is 103 Å². The molecule has 2 aromatic rings. The number of halogens is 1. The fourth-order valence-corrected chi connectivity index (χ4v) is 2.50. The minimum atomic E-state index is -3.72. The molecule has 0 fully saturated rings. The maximum atomic E-state index is 12.3. The van der Waals surface area contributed by atoms with Crippen molar-refractivity contribution in [3.63, 3.8) is 0 Å². The van der Waals surface area contributed by atoms with E-state index in [2.05, 4.69) is 9.97 Å². The van der Waals surface area contributed by atoms with E-state index in [4.69, 9.17) is 16.3 Å². The molecule has 0 N–H and O–H groups in total. The Hall–Kier alpha value is -2.32. The molecule has 9 heteroatoms. The average molecular weight is 369 g/mol. The van der Waals surface area contributed by atoms with E-state index in [1.807, 2.05) is 0 Å². The van der Waals surface area contributed by atoms with Crippen LogP contribution in [0, 0.1) is 6.92 Å². The minimum absolute atomic E-state index is 0.0358. The van der Waals surface area contributed by atoms with Crippen LogP contribution in [-0.2, 0) is 9.84 Å². The SMILES string of the molecule is CC(=O)c1cc(C)ccc1OC(=O)c1nc(S(C)(=O)=O)ncc1Cl. The Bertz CT molecular complexity index is 941. The second kappa shape index (κ2) is 6.66. The molecule has 0 saturated heterocycles. The lowest BCUT2D eigenvalue weighted by atomic mass is 10.1. The normalized spacial score (nSPS) is 11.2. The van der Waals surface area contributed by atoms with Gasteiger partial charge in [-0.05, 0) is 26.0 Å². The highest BCUT2D eigenvalue weighted by atomic mass is 35.5. The van der Waals surface area contributed by atoms with Crippen molar-refractivity contribution in [1.82, 2.24) is 9.97 Å². The van der Waals surface area contributed by atoms with E-state index in [0.717, 1.165) is 18.0 Å². The molecular weight excluding hydrogens is 356 g/mol. The Morgan fingerprint density at radius 3 is 2.50 bits per heavy atom. The van der Waals surface area contributed by atoms with Crippen molar-refractivity contribution < 1.29 is 22.7 Å². The van der Waals surface area contributed by atoms with Crippen LogP contribution in [0.25, 0.3) is 0 Å². The van der Waals surface area contributed by atoms with Gasteiger partial charge in [-0.25, -0.2) is 23.2 Å². The van der Waals surface area contributed by atoms with Gasteiger partial charge in [0.05, 0.1) is 16.8 Å². The van der Waals surface area contributed by atoms with Crippen molar-refractivity contribution in [2.24, 2.45) is 0 Å². The molecule has 7 nitrogen and oxygen atoms in total.